The van der Waals surface area contributed by atoms with Crippen molar-refractivity contribution >= 4 is 5.69 Å². The third kappa shape index (κ3) is 4.03. The quantitative estimate of drug-likeness (QED) is 0.804. The third-order valence-electron chi connectivity index (χ3n) is 3.70. The highest BCUT2D eigenvalue weighted by Crippen LogP contribution is 2.29. The van der Waals surface area contributed by atoms with Gasteiger partial charge in [-0.25, -0.2) is 8.78 Å². The molecule has 0 radical (unpaired) electrons. The molecule has 0 aliphatic heterocycles. The highest BCUT2D eigenvalue weighted by molar-refractivity contribution is 5.44. The molecule has 21 heavy (non-hydrogen) atoms. The lowest BCUT2D eigenvalue weighted by Gasteiger charge is -2.29. The molecular weight excluding hydrogens is 268 g/mol. The van der Waals surface area contributed by atoms with Crippen molar-refractivity contribution in [2.45, 2.75) is 38.6 Å². The Morgan fingerprint density at radius 3 is 2.29 bits per heavy atom. The summed E-state index contributed by atoms with van der Waals surface area (Å²) in [5.74, 6) is -1.65. The number of benzene rings is 2. The summed E-state index contributed by atoms with van der Waals surface area (Å²) in [4.78, 5) is 0. The molecule has 112 valence electrons. The summed E-state index contributed by atoms with van der Waals surface area (Å²) < 4.78 is 26.1. The van der Waals surface area contributed by atoms with E-state index in [4.69, 9.17) is 0 Å². The molecule has 3 heteroatoms. The zero-order valence-electron chi connectivity index (χ0n) is 12.7. The van der Waals surface area contributed by atoms with Crippen molar-refractivity contribution in [3.8, 4) is 0 Å². The molecule has 1 nitrogen and oxygen atoms in total. The molecule has 0 bridgehead atoms. The fourth-order valence-electron chi connectivity index (χ4n) is 2.69. The topological polar surface area (TPSA) is 12.0 Å². The molecule has 1 atom stereocenters. The maximum atomic E-state index is 13.2. The van der Waals surface area contributed by atoms with Gasteiger partial charge in [0.1, 0.15) is 0 Å². The smallest absolute Gasteiger partial charge is 0.160 e. The van der Waals surface area contributed by atoms with Crippen LogP contribution in [0.2, 0.25) is 0 Å². The number of hydrogen-bond donors (Lipinski definition) is 1. The maximum absolute atomic E-state index is 13.2. The largest absolute Gasteiger partial charge is 0.382 e. The molecular formula is C18H21F2N. The first-order valence-corrected chi connectivity index (χ1v) is 7.15. The van der Waals surface area contributed by atoms with Gasteiger partial charge >= 0.3 is 0 Å². The Kier molecular flexibility index (Phi) is 4.61. The molecule has 1 unspecified atom stereocenters. The predicted molar refractivity (Wildman–Crippen MR) is 83.5 cm³/mol. The lowest BCUT2D eigenvalue weighted by atomic mass is 9.79. The molecule has 0 aromatic heterocycles. The Morgan fingerprint density at radius 1 is 1.00 bits per heavy atom. The molecule has 0 amide bonds. The fourth-order valence-corrected chi connectivity index (χ4v) is 2.69. The van der Waals surface area contributed by atoms with E-state index < -0.39 is 11.6 Å². The van der Waals surface area contributed by atoms with Crippen LogP contribution in [-0.2, 0) is 5.41 Å². The van der Waals surface area contributed by atoms with E-state index in [1.54, 1.807) is 6.07 Å². The molecule has 1 N–H and O–H groups in total. The maximum Gasteiger partial charge on any atom is 0.160 e. The Hall–Kier alpha value is -1.90. The molecule has 0 saturated heterocycles. The molecule has 0 aliphatic carbocycles. The van der Waals surface area contributed by atoms with Gasteiger partial charge in [-0.05, 0) is 36.5 Å². The van der Waals surface area contributed by atoms with Gasteiger partial charge in [-0.3, -0.25) is 0 Å². The van der Waals surface area contributed by atoms with Gasteiger partial charge in [-0.15, -0.1) is 0 Å². The van der Waals surface area contributed by atoms with Crippen LogP contribution >= 0.6 is 0 Å². The molecule has 0 saturated carbocycles. The van der Waals surface area contributed by atoms with Crippen LogP contribution in [0.15, 0.2) is 48.5 Å². The zero-order chi connectivity index (χ0) is 15.5. The van der Waals surface area contributed by atoms with Crippen molar-refractivity contribution in [3.63, 3.8) is 0 Å². The van der Waals surface area contributed by atoms with Gasteiger partial charge in [-0.1, -0.05) is 44.2 Å². The molecule has 0 aliphatic rings. The summed E-state index contributed by atoms with van der Waals surface area (Å²) >= 11 is 0. The van der Waals surface area contributed by atoms with E-state index in [2.05, 4.69) is 31.3 Å². The number of rotatable bonds is 5. The van der Waals surface area contributed by atoms with E-state index >= 15 is 0 Å². The normalized spacial score (nSPS) is 13.0. The first kappa shape index (κ1) is 15.5. The van der Waals surface area contributed by atoms with E-state index in [0.29, 0.717) is 5.69 Å². The van der Waals surface area contributed by atoms with Crippen LogP contribution in [0.4, 0.5) is 14.5 Å². The highest BCUT2D eigenvalue weighted by atomic mass is 19.2. The van der Waals surface area contributed by atoms with Crippen LogP contribution in [0, 0.1) is 11.6 Å². The van der Waals surface area contributed by atoms with Crippen LogP contribution in [0.5, 0.6) is 0 Å². The van der Waals surface area contributed by atoms with Gasteiger partial charge < -0.3 is 5.32 Å². The van der Waals surface area contributed by atoms with Gasteiger partial charge in [0.05, 0.1) is 0 Å². The van der Waals surface area contributed by atoms with Crippen molar-refractivity contribution in [1.29, 1.82) is 0 Å². The second kappa shape index (κ2) is 6.25. The van der Waals surface area contributed by atoms with Crippen LogP contribution in [0.3, 0.4) is 0 Å². The molecule has 0 fully saturated rings. The van der Waals surface area contributed by atoms with Gasteiger partial charge in [-0.2, -0.15) is 0 Å². The average Bonchev–Trinajstić information content (AvgIpc) is 2.43. The van der Waals surface area contributed by atoms with E-state index in [9.17, 15) is 8.78 Å². The minimum absolute atomic E-state index is 0.00620. The van der Waals surface area contributed by atoms with E-state index in [-0.39, 0.29) is 11.5 Å². The fraction of sp³-hybridized carbons (Fsp3) is 0.333. The second-order valence-corrected chi connectivity index (χ2v) is 6.13. The summed E-state index contributed by atoms with van der Waals surface area (Å²) in [5.41, 5.74) is 1.88. The van der Waals surface area contributed by atoms with E-state index in [0.717, 1.165) is 12.5 Å². The first-order valence-electron chi connectivity index (χ1n) is 7.15. The van der Waals surface area contributed by atoms with Crippen molar-refractivity contribution < 1.29 is 8.78 Å². The van der Waals surface area contributed by atoms with Gasteiger partial charge in [0.15, 0.2) is 11.6 Å². The number of hydrogen-bond acceptors (Lipinski definition) is 1. The standard InChI is InChI=1S/C18H21F2N/c1-13(21-15-9-10-16(19)17(20)11-15)12-18(2,3)14-7-5-4-6-8-14/h4-11,13,21H,12H2,1-3H3. The van der Waals surface area contributed by atoms with Crippen LogP contribution < -0.4 is 5.32 Å². The SMILES string of the molecule is CC(CC(C)(C)c1ccccc1)Nc1ccc(F)c(F)c1. The first-order chi connectivity index (χ1) is 9.88. The van der Waals surface area contributed by atoms with Crippen LogP contribution in [-0.4, -0.2) is 6.04 Å². The van der Waals surface area contributed by atoms with Crippen molar-refractivity contribution in [1.82, 2.24) is 0 Å². The molecule has 2 aromatic rings. The van der Waals surface area contributed by atoms with E-state index in [1.165, 1.54) is 11.6 Å². The van der Waals surface area contributed by atoms with Crippen molar-refractivity contribution in [2.24, 2.45) is 0 Å². The molecule has 0 heterocycles. The number of halogens is 2. The Bertz CT molecular complexity index is 593. The Labute approximate surface area is 125 Å². The Balaban J connectivity index is 2.04. The van der Waals surface area contributed by atoms with Crippen molar-refractivity contribution in [3.05, 3.63) is 65.7 Å². The third-order valence-corrected chi connectivity index (χ3v) is 3.70. The summed E-state index contributed by atoms with van der Waals surface area (Å²) in [6.45, 7) is 6.42. The molecule has 0 spiro atoms. The summed E-state index contributed by atoms with van der Waals surface area (Å²) in [5, 5.41) is 3.23. The highest BCUT2D eigenvalue weighted by Gasteiger charge is 2.23. The summed E-state index contributed by atoms with van der Waals surface area (Å²) in [6, 6.07) is 14.3. The second-order valence-electron chi connectivity index (χ2n) is 6.13. The summed E-state index contributed by atoms with van der Waals surface area (Å²) in [7, 11) is 0. The van der Waals surface area contributed by atoms with E-state index in [1.807, 2.05) is 25.1 Å². The van der Waals surface area contributed by atoms with Gasteiger partial charge in [0.2, 0.25) is 0 Å². The monoisotopic (exact) mass is 289 g/mol. The number of anilines is 1. The minimum atomic E-state index is -0.825. The van der Waals surface area contributed by atoms with Crippen molar-refractivity contribution in [2.75, 3.05) is 5.32 Å². The Morgan fingerprint density at radius 2 is 1.67 bits per heavy atom. The minimum Gasteiger partial charge on any atom is -0.382 e. The van der Waals surface area contributed by atoms with Gasteiger partial charge in [0.25, 0.3) is 0 Å². The lowest BCUT2D eigenvalue weighted by molar-refractivity contribution is 0.450. The zero-order valence-corrected chi connectivity index (χ0v) is 12.7. The van der Waals surface area contributed by atoms with Crippen LogP contribution in [0.25, 0.3) is 0 Å². The number of nitrogens with one attached hydrogen (secondary N) is 1. The molecule has 2 rings (SSSR count). The lowest BCUT2D eigenvalue weighted by Crippen LogP contribution is -2.27. The van der Waals surface area contributed by atoms with Crippen LogP contribution in [0.1, 0.15) is 32.8 Å². The summed E-state index contributed by atoms with van der Waals surface area (Å²) in [6.07, 6.45) is 0.885. The molecule has 2 aromatic carbocycles. The van der Waals surface area contributed by atoms with Gasteiger partial charge in [0, 0.05) is 17.8 Å². The predicted octanol–water partition coefficient (Wildman–Crippen LogP) is 5.13. The average molecular weight is 289 g/mol.